The number of rotatable bonds is 5. The van der Waals surface area contributed by atoms with Gasteiger partial charge in [0, 0.05) is 17.8 Å². The van der Waals surface area contributed by atoms with E-state index in [4.69, 9.17) is 0 Å². The molecule has 6 nitrogen and oxygen atoms in total. The molecule has 25 heavy (non-hydrogen) atoms. The maximum absolute atomic E-state index is 12.2. The molecule has 0 bridgehead atoms. The van der Waals surface area contributed by atoms with Gasteiger partial charge in [-0.05, 0) is 29.5 Å². The number of benzene rings is 2. The van der Waals surface area contributed by atoms with Crippen molar-refractivity contribution < 1.29 is 9.72 Å². The molecule has 6 heteroatoms. The molecule has 0 spiro atoms. The lowest BCUT2D eigenvalue weighted by atomic mass is 9.86. The number of anilines is 2. The minimum absolute atomic E-state index is 0.0449. The molecule has 0 aliphatic rings. The predicted molar refractivity (Wildman–Crippen MR) is 100 cm³/mol. The molecule has 0 unspecified atom stereocenters. The summed E-state index contributed by atoms with van der Waals surface area (Å²) in [4.78, 5) is 22.6. The van der Waals surface area contributed by atoms with E-state index in [0.717, 1.165) is 16.8 Å². The van der Waals surface area contributed by atoms with Gasteiger partial charge in [-0.3, -0.25) is 14.9 Å². The van der Waals surface area contributed by atoms with Crippen molar-refractivity contribution in [1.82, 2.24) is 0 Å². The fourth-order valence-electron chi connectivity index (χ4n) is 2.52. The van der Waals surface area contributed by atoms with Crippen LogP contribution in [-0.4, -0.2) is 17.4 Å². The molecular weight excluding hydrogens is 318 g/mol. The molecule has 0 saturated heterocycles. The normalized spacial score (nSPS) is 11.0. The molecule has 2 aromatic rings. The van der Waals surface area contributed by atoms with Gasteiger partial charge in [0.25, 0.3) is 5.69 Å². The number of nitro benzene ring substituents is 1. The number of nitro groups is 1. The molecule has 0 fully saturated rings. The van der Waals surface area contributed by atoms with E-state index in [1.54, 1.807) is 13.0 Å². The van der Waals surface area contributed by atoms with E-state index < -0.39 is 4.92 Å². The maximum Gasteiger partial charge on any atom is 0.271 e. The van der Waals surface area contributed by atoms with Crippen LogP contribution in [0.15, 0.2) is 42.5 Å². The molecule has 2 aromatic carbocycles. The van der Waals surface area contributed by atoms with Crippen LogP contribution in [0.4, 0.5) is 17.1 Å². The van der Waals surface area contributed by atoms with Crippen LogP contribution in [0.2, 0.25) is 0 Å². The van der Waals surface area contributed by atoms with Crippen molar-refractivity contribution in [2.75, 3.05) is 17.2 Å². The fourth-order valence-corrected chi connectivity index (χ4v) is 2.52. The largest absolute Gasteiger partial charge is 0.376 e. The van der Waals surface area contributed by atoms with Gasteiger partial charge in [-0.1, -0.05) is 45.0 Å². The molecule has 0 heterocycles. The Labute approximate surface area is 147 Å². The van der Waals surface area contributed by atoms with Gasteiger partial charge in [0.15, 0.2) is 0 Å². The molecular formula is C19H23N3O3. The number of para-hydroxylation sites is 1. The van der Waals surface area contributed by atoms with E-state index in [1.165, 1.54) is 12.1 Å². The highest BCUT2D eigenvalue weighted by Gasteiger charge is 2.18. The first-order chi connectivity index (χ1) is 11.7. The molecule has 0 radical (unpaired) electrons. The van der Waals surface area contributed by atoms with Crippen LogP contribution in [0.1, 0.15) is 31.9 Å². The second kappa shape index (κ2) is 7.34. The van der Waals surface area contributed by atoms with Gasteiger partial charge >= 0.3 is 0 Å². The highest BCUT2D eigenvalue weighted by molar-refractivity contribution is 5.94. The third kappa shape index (κ3) is 4.79. The summed E-state index contributed by atoms with van der Waals surface area (Å²) in [6, 6.07) is 12.3. The Morgan fingerprint density at radius 2 is 1.80 bits per heavy atom. The van der Waals surface area contributed by atoms with Gasteiger partial charge < -0.3 is 10.6 Å². The van der Waals surface area contributed by atoms with Crippen molar-refractivity contribution >= 4 is 23.0 Å². The molecule has 132 valence electrons. The van der Waals surface area contributed by atoms with E-state index >= 15 is 0 Å². The second-order valence-electron chi connectivity index (χ2n) is 6.95. The molecule has 0 aromatic heterocycles. The first kappa shape index (κ1) is 18.4. The van der Waals surface area contributed by atoms with Crippen molar-refractivity contribution in [1.29, 1.82) is 0 Å². The summed E-state index contributed by atoms with van der Waals surface area (Å²) < 4.78 is 0. The highest BCUT2D eigenvalue weighted by atomic mass is 16.6. The number of nitrogens with zero attached hydrogens (tertiary/aromatic N) is 1. The van der Waals surface area contributed by atoms with Crippen molar-refractivity contribution in [3.8, 4) is 0 Å². The van der Waals surface area contributed by atoms with Gasteiger partial charge in [-0.2, -0.15) is 0 Å². The number of carbonyl (C=O) groups excluding carboxylic acids is 1. The van der Waals surface area contributed by atoms with Crippen LogP contribution < -0.4 is 10.6 Å². The lowest BCUT2D eigenvalue weighted by Crippen LogP contribution is -2.24. The van der Waals surface area contributed by atoms with Crippen molar-refractivity contribution in [2.24, 2.45) is 0 Å². The quantitative estimate of drug-likeness (QED) is 0.629. The van der Waals surface area contributed by atoms with Crippen LogP contribution >= 0.6 is 0 Å². The number of carbonyl (C=O) groups is 1. The van der Waals surface area contributed by atoms with E-state index in [1.807, 2.05) is 24.3 Å². The Morgan fingerprint density at radius 3 is 2.44 bits per heavy atom. The molecule has 0 aliphatic heterocycles. The number of amides is 1. The van der Waals surface area contributed by atoms with Gasteiger partial charge in [-0.25, -0.2) is 0 Å². The van der Waals surface area contributed by atoms with Crippen LogP contribution in [0, 0.1) is 17.0 Å². The third-order valence-electron chi connectivity index (χ3n) is 3.88. The Balaban J connectivity index is 2.08. The molecule has 1 amide bonds. The standard InChI is InChI=1S/C19H23N3O3/c1-13-9-10-14(22(24)25)11-17(13)21-18(23)12-20-16-8-6-5-7-15(16)19(2,3)4/h5-11,20H,12H2,1-4H3,(H,21,23). The highest BCUT2D eigenvalue weighted by Crippen LogP contribution is 2.29. The predicted octanol–water partition coefficient (Wildman–Crippen LogP) is 4.25. The summed E-state index contributed by atoms with van der Waals surface area (Å²) in [5, 5.41) is 16.8. The molecule has 0 saturated carbocycles. The minimum atomic E-state index is -0.479. The van der Waals surface area contributed by atoms with Gasteiger partial charge in [0.05, 0.1) is 17.2 Å². The smallest absolute Gasteiger partial charge is 0.271 e. The Kier molecular flexibility index (Phi) is 5.41. The first-order valence-electron chi connectivity index (χ1n) is 8.07. The number of non-ortho nitro benzene ring substituents is 1. The van der Waals surface area contributed by atoms with Crippen LogP contribution in [0.3, 0.4) is 0 Å². The lowest BCUT2D eigenvalue weighted by molar-refractivity contribution is -0.384. The zero-order valence-electron chi connectivity index (χ0n) is 14.9. The van der Waals surface area contributed by atoms with Gasteiger partial charge in [0.1, 0.15) is 0 Å². The number of aryl methyl sites for hydroxylation is 1. The lowest BCUT2D eigenvalue weighted by Gasteiger charge is -2.23. The Morgan fingerprint density at radius 1 is 1.12 bits per heavy atom. The number of hydrogen-bond donors (Lipinski definition) is 2. The maximum atomic E-state index is 12.2. The molecule has 2 N–H and O–H groups in total. The van der Waals surface area contributed by atoms with Crippen molar-refractivity contribution in [2.45, 2.75) is 33.1 Å². The summed E-state index contributed by atoms with van der Waals surface area (Å²) in [6.07, 6.45) is 0. The number of hydrogen-bond acceptors (Lipinski definition) is 4. The fraction of sp³-hybridized carbons (Fsp3) is 0.316. The average Bonchev–Trinajstić information content (AvgIpc) is 2.54. The summed E-state index contributed by atoms with van der Waals surface area (Å²) in [6.45, 7) is 8.21. The number of nitrogens with one attached hydrogen (secondary N) is 2. The summed E-state index contributed by atoms with van der Waals surface area (Å²) in [5.74, 6) is -0.257. The van der Waals surface area contributed by atoms with Crippen LogP contribution in [0.5, 0.6) is 0 Å². The molecule has 2 rings (SSSR count). The van der Waals surface area contributed by atoms with E-state index in [2.05, 4.69) is 31.4 Å². The van der Waals surface area contributed by atoms with Crippen LogP contribution in [-0.2, 0) is 10.2 Å². The third-order valence-corrected chi connectivity index (χ3v) is 3.88. The Bertz CT molecular complexity index is 795. The average molecular weight is 341 g/mol. The zero-order chi connectivity index (χ0) is 18.6. The van der Waals surface area contributed by atoms with Crippen molar-refractivity contribution in [3.63, 3.8) is 0 Å². The molecule has 0 aliphatic carbocycles. The minimum Gasteiger partial charge on any atom is -0.376 e. The van der Waals surface area contributed by atoms with E-state index in [0.29, 0.717) is 5.69 Å². The summed E-state index contributed by atoms with van der Waals surface area (Å²) in [7, 11) is 0. The zero-order valence-corrected chi connectivity index (χ0v) is 14.9. The second-order valence-corrected chi connectivity index (χ2v) is 6.95. The van der Waals surface area contributed by atoms with E-state index in [9.17, 15) is 14.9 Å². The van der Waals surface area contributed by atoms with E-state index in [-0.39, 0.29) is 23.6 Å². The first-order valence-corrected chi connectivity index (χ1v) is 8.07. The summed E-state index contributed by atoms with van der Waals surface area (Å²) >= 11 is 0. The van der Waals surface area contributed by atoms with Gasteiger partial charge in [-0.15, -0.1) is 0 Å². The van der Waals surface area contributed by atoms with Gasteiger partial charge in [0.2, 0.25) is 5.91 Å². The van der Waals surface area contributed by atoms with Crippen LogP contribution in [0.25, 0.3) is 0 Å². The Hall–Kier alpha value is -2.89. The van der Waals surface area contributed by atoms with Crippen molar-refractivity contribution in [3.05, 3.63) is 63.7 Å². The topological polar surface area (TPSA) is 84.3 Å². The SMILES string of the molecule is Cc1ccc([N+](=O)[O-])cc1NC(=O)CNc1ccccc1C(C)(C)C. The summed E-state index contributed by atoms with van der Waals surface area (Å²) in [5.41, 5.74) is 3.15. The monoisotopic (exact) mass is 341 g/mol. The molecule has 0 atom stereocenters.